The van der Waals surface area contributed by atoms with Crippen molar-refractivity contribution in [1.82, 2.24) is 9.88 Å². The second-order valence-corrected chi connectivity index (χ2v) is 7.29. The predicted octanol–water partition coefficient (Wildman–Crippen LogP) is 2.34. The van der Waals surface area contributed by atoms with Crippen LogP contribution < -0.4 is 15.8 Å². The molecule has 0 aliphatic carbocycles. The van der Waals surface area contributed by atoms with Crippen molar-refractivity contribution < 1.29 is 14.1 Å². The monoisotopic (exact) mass is 425 g/mol. The molecule has 0 radical (unpaired) electrons. The van der Waals surface area contributed by atoms with Crippen LogP contribution in [0.3, 0.4) is 0 Å². The number of fused-ring (bicyclic) bond motifs is 1. The summed E-state index contributed by atoms with van der Waals surface area (Å²) in [5, 5.41) is 14.3. The van der Waals surface area contributed by atoms with E-state index in [9.17, 15) is 24.1 Å². The zero-order chi connectivity index (χ0) is 22.0. The van der Waals surface area contributed by atoms with E-state index in [4.69, 9.17) is 0 Å². The Morgan fingerprint density at radius 2 is 1.87 bits per heavy atom. The van der Waals surface area contributed by atoms with Gasteiger partial charge in [0.15, 0.2) is 0 Å². The smallest absolute Gasteiger partial charge is 0.292 e. The number of amides is 1. The Morgan fingerprint density at radius 3 is 2.61 bits per heavy atom. The molecular weight excluding hydrogens is 405 g/mol. The molecule has 2 N–H and O–H groups in total. The SMILES string of the molecule is O=C(CN1CCN(c2cc(=O)[nH]c3ccc(F)cc23)CC1)Nc1ccccc1[N+](=O)[O-]. The van der Waals surface area contributed by atoms with E-state index in [0.717, 1.165) is 0 Å². The van der Waals surface area contributed by atoms with Crippen LogP contribution in [0.5, 0.6) is 0 Å². The zero-order valence-corrected chi connectivity index (χ0v) is 16.5. The minimum atomic E-state index is -0.539. The molecule has 1 aliphatic rings. The van der Waals surface area contributed by atoms with Crippen molar-refractivity contribution in [2.75, 3.05) is 42.9 Å². The van der Waals surface area contributed by atoms with Crippen LogP contribution in [-0.4, -0.2) is 53.4 Å². The van der Waals surface area contributed by atoms with Gasteiger partial charge in [0.1, 0.15) is 11.5 Å². The first-order chi connectivity index (χ1) is 14.9. The van der Waals surface area contributed by atoms with Gasteiger partial charge in [0, 0.05) is 43.7 Å². The largest absolute Gasteiger partial charge is 0.368 e. The number of nitrogens with zero attached hydrogens (tertiary/aromatic N) is 3. The lowest BCUT2D eigenvalue weighted by Crippen LogP contribution is -2.49. The molecule has 0 saturated carbocycles. The Balaban J connectivity index is 1.41. The van der Waals surface area contributed by atoms with Crippen molar-refractivity contribution in [3.63, 3.8) is 0 Å². The van der Waals surface area contributed by atoms with Crippen LogP contribution in [0.25, 0.3) is 10.9 Å². The summed E-state index contributed by atoms with van der Waals surface area (Å²) in [7, 11) is 0. The fourth-order valence-electron chi connectivity index (χ4n) is 3.75. The molecule has 31 heavy (non-hydrogen) atoms. The summed E-state index contributed by atoms with van der Waals surface area (Å²) >= 11 is 0. The fourth-order valence-corrected chi connectivity index (χ4v) is 3.75. The van der Waals surface area contributed by atoms with Gasteiger partial charge in [-0.25, -0.2) is 4.39 Å². The van der Waals surface area contributed by atoms with Gasteiger partial charge in [-0.3, -0.25) is 24.6 Å². The number of benzene rings is 2. The molecule has 2 heterocycles. The number of piperazine rings is 1. The summed E-state index contributed by atoms with van der Waals surface area (Å²) < 4.78 is 13.7. The number of pyridine rings is 1. The van der Waals surface area contributed by atoms with Crippen molar-refractivity contribution >= 4 is 33.9 Å². The van der Waals surface area contributed by atoms with E-state index in [-0.39, 0.29) is 35.2 Å². The summed E-state index contributed by atoms with van der Waals surface area (Å²) in [5.74, 6) is -0.725. The van der Waals surface area contributed by atoms with Crippen LogP contribution in [-0.2, 0) is 4.79 Å². The maximum Gasteiger partial charge on any atom is 0.292 e. The third-order valence-electron chi connectivity index (χ3n) is 5.24. The third kappa shape index (κ3) is 4.53. The number of nitro benzene ring substituents is 1. The number of nitro groups is 1. The number of halogens is 1. The topological polar surface area (TPSA) is 112 Å². The second kappa shape index (κ2) is 8.52. The van der Waals surface area contributed by atoms with E-state index in [0.29, 0.717) is 42.8 Å². The summed E-state index contributed by atoms with van der Waals surface area (Å²) in [6.07, 6.45) is 0. The van der Waals surface area contributed by atoms with Crippen molar-refractivity contribution in [1.29, 1.82) is 0 Å². The molecule has 1 amide bonds. The number of rotatable bonds is 5. The summed E-state index contributed by atoms with van der Waals surface area (Å²) in [5.41, 5.74) is 0.958. The normalized spacial score (nSPS) is 14.5. The minimum absolute atomic E-state index is 0.0879. The van der Waals surface area contributed by atoms with E-state index in [1.165, 1.54) is 36.4 Å². The molecule has 9 nitrogen and oxygen atoms in total. The molecule has 0 unspecified atom stereocenters. The number of hydrogen-bond acceptors (Lipinski definition) is 6. The van der Waals surface area contributed by atoms with E-state index >= 15 is 0 Å². The number of carbonyl (C=O) groups is 1. The third-order valence-corrected chi connectivity index (χ3v) is 5.24. The summed E-state index contributed by atoms with van der Waals surface area (Å²) in [6, 6.07) is 11.7. The average molecular weight is 425 g/mol. The highest BCUT2D eigenvalue weighted by molar-refractivity contribution is 5.94. The standard InChI is InChI=1S/C21H20FN5O4/c22-14-5-6-16-15(11-14)19(12-20(28)23-16)26-9-7-25(8-10-26)13-21(29)24-17-3-1-2-4-18(17)27(30)31/h1-6,11-12H,7-10,13H2,(H,23,28)(H,24,29). The maximum atomic E-state index is 13.7. The van der Waals surface area contributed by atoms with Crippen LogP contribution in [0.1, 0.15) is 0 Å². The second-order valence-electron chi connectivity index (χ2n) is 7.29. The van der Waals surface area contributed by atoms with Gasteiger partial charge < -0.3 is 15.2 Å². The number of aromatic amines is 1. The molecule has 1 aromatic heterocycles. The summed E-state index contributed by atoms with van der Waals surface area (Å²) in [4.78, 5) is 41.6. The Labute approximate surface area is 176 Å². The van der Waals surface area contributed by atoms with Crippen molar-refractivity contribution in [3.8, 4) is 0 Å². The minimum Gasteiger partial charge on any atom is -0.368 e. The Kier molecular flexibility index (Phi) is 5.63. The highest BCUT2D eigenvalue weighted by Gasteiger charge is 2.22. The molecule has 3 aromatic rings. The molecule has 1 aliphatic heterocycles. The Morgan fingerprint density at radius 1 is 1.13 bits per heavy atom. The van der Waals surface area contributed by atoms with E-state index in [1.54, 1.807) is 12.1 Å². The lowest BCUT2D eigenvalue weighted by atomic mass is 10.1. The molecule has 1 saturated heterocycles. The first kappa shape index (κ1) is 20.5. The predicted molar refractivity (Wildman–Crippen MR) is 115 cm³/mol. The highest BCUT2D eigenvalue weighted by Crippen LogP contribution is 2.26. The molecule has 160 valence electrons. The van der Waals surface area contributed by atoms with Crippen LogP contribution >= 0.6 is 0 Å². The van der Waals surface area contributed by atoms with Gasteiger partial charge in [0.25, 0.3) is 5.69 Å². The maximum absolute atomic E-state index is 13.7. The van der Waals surface area contributed by atoms with Crippen molar-refractivity contribution in [2.24, 2.45) is 0 Å². The zero-order valence-electron chi connectivity index (χ0n) is 16.5. The number of H-pyrrole nitrogens is 1. The molecule has 0 atom stereocenters. The first-order valence-corrected chi connectivity index (χ1v) is 9.74. The molecule has 0 spiro atoms. The van der Waals surface area contributed by atoms with Crippen LogP contribution in [0.4, 0.5) is 21.5 Å². The molecular formula is C21H20FN5O4. The molecule has 10 heteroatoms. The lowest BCUT2D eigenvalue weighted by Gasteiger charge is -2.36. The van der Waals surface area contributed by atoms with Gasteiger partial charge >= 0.3 is 0 Å². The number of hydrogen-bond donors (Lipinski definition) is 2. The number of para-hydroxylation sites is 2. The number of nitrogens with one attached hydrogen (secondary N) is 2. The van der Waals surface area contributed by atoms with Crippen molar-refractivity contribution in [2.45, 2.75) is 0 Å². The summed E-state index contributed by atoms with van der Waals surface area (Å²) in [6.45, 7) is 2.29. The molecule has 2 aromatic carbocycles. The molecule has 1 fully saturated rings. The Bertz CT molecular complexity index is 1200. The van der Waals surface area contributed by atoms with Gasteiger partial charge in [-0.2, -0.15) is 0 Å². The lowest BCUT2D eigenvalue weighted by molar-refractivity contribution is -0.383. The number of aromatic nitrogens is 1. The Hall–Kier alpha value is -3.79. The number of carbonyl (C=O) groups excluding carboxylic acids is 1. The van der Waals surface area contributed by atoms with E-state index in [2.05, 4.69) is 10.3 Å². The van der Waals surface area contributed by atoms with Gasteiger partial charge in [-0.1, -0.05) is 12.1 Å². The van der Waals surface area contributed by atoms with Gasteiger partial charge in [-0.15, -0.1) is 0 Å². The fraction of sp³-hybridized carbons (Fsp3) is 0.238. The van der Waals surface area contributed by atoms with Gasteiger partial charge in [0.05, 0.1) is 22.7 Å². The van der Waals surface area contributed by atoms with Crippen LogP contribution in [0, 0.1) is 15.9 Å². The van der Waals surface area contributed by atoms with Crippen molar-refractivity contribution in [3.05, 3.63) is 74.8 Å². The quantitative estimate of drug-likeness (QED) is 0.479. The molecule has 0 bridgehead atoms. The first-order valence-electron chi connectivity index (χ1n) is 9.74. The van der Waals surface area contributed by atoms with E-state index in [1.807, 2.05) is 9.80 Å². The highest BCUT2D eigenvalue weighted by atomic mass is 19.1. The van der Waals surface area contributed by atoms with Crippen LogP contribution in [0.2, 0.25) is 0 Å². The van der Waals surface area contributed by atoms with Crippen LogP contribution in [0.15, 0.2) is 53.3 Å². The van der Waals surface area contributed by atoms with E-state index < -0.39 is 4.92 Å². The average Bonchev–Trinajstić information content (AvgIpc) is 2.74. The van der Waals surface area contributed by atoms with Gasteiger partial charge in [-0.05, 0) is 24.3 Å². The van der Waals surface area contributed by atoms with Gasteiger partial charge in [0.2, 0.25) is 11.5 Å². The number of anilines is 2. The molecule has 4 rings (SSSR count).